The van der Waals surface area contributed by atoms with Gasteiger partial charge in [0.05, 0.1) is 0 Å². The second-order valence-electron chi connectivity index (χ2n) is 5.39. The summed E-state index contributed by atoms with van der Waals surface area (Å²) >= 11 is -65.6. The van der Waals surface area contributed by atoms with Crippen LogP contribution >= 0.6 is 0 Å². The molecule has 0 unspecified atom stereocenters. The predicted octanol–water partition coefficient (Wildman–Crippen LogP) is 3.19. The molecule has 0 rings (SSSR count). The van der Waals surface area contributed by atoms with Crippen LogP contribution in [0.2, 0.25) is 0 Å². The number of hydrogen-bond donors (Lipinski definition) is 0. The second kappa shape index (κ2) is 10.3. The smallest absolute Gasteiger partial charge is 0 e. The van der Waals surface area contributed by atoms with Gasteiger partial charge in [-0.15, -0.1) is 0 Å². The van der Waals surface area contributed by atoms with Crippen LogP contribution in [0.4, 0.5) is 86.8 Å². The maximum Gasteiger partial charge on any atom is 0 e. The van der Waals surface area contributed by atoms with E-state index >= 15 is 0 Å². The molecular weight excluding hydrogens is 1670 g/mol. The van der Waals surface area contributed by atoms with Crippen molar-refractivity contribution in [2.24, 2.45) is 0 Å². The number of rotatable bonds is 0. The van der Waals surface area contributed by atoms with Gasteiger partial charge in [-0.3, -0.25) is 0 Å². The first-order valence-corrected chi connectivity index (χ1v) is 37.8. The summed E-state index contributed by atoms with van der Waals surface area (Å²) in [6, 6.07) is 0. The van der Waals surface area contributed by atoms with E-state index in [-0.39, 0.29) is 31.1 Å². The molecule has 0 radical (unpaired) electrons. The van der Waals surface area contributed by atoms with Crippen LogP contribution in [0.1, 0.15) is 0 Å². The summed E-state index contributed by atoms with van der Waals surface area (Å²) in [7, 11) is 0. The third-order valence-corrected chi connectivity index (χ3v) is 0. The summed E-state index contributed by atoms with van der Waals surface area (Å²) in [5.41, 5.74) is 0. The molecule has 0 aliphatic heterocycles. The molecule has 6 nitrogen and oxygen atoms in total. The van der Waals surface area contributed by atoms with Crippen molar-refractivity contribution in [3.8, 4) is 0 Å². The standard InChI is InChI=1S/6F5HOTe.U/c6*1-7(2,3,4,5)6;/h6*6H;/p-6. The molecular formula is F30O6Te6U-6. The molecule has 43 heavy (non-hydrogen) atoms. The molecule has 0 saturated heterocycles. The van der Waals surface area contributed by atoms with Gasteiger partial charge in [-0.25, -0.2) is 0 Å². The zero-order valence-electron chi connectivity index (χ0n) is 16.7. The Hall–Kier alpha value is 3.45. The Morgan fingerprint density at radius 1 is 0.163 bits per heavy atom. The third kappa shape index (κ3) is 7210. The summed E-state index contributed by atoms with van der Waals surface area (Å²) < 4.78 is 350. The molecule has 0 saturated carbocycles. The Balaban J connectivity index is -0.0000000720. The van der Waals surface area contributed by atoms with Crippen LogP contribution in [0.25, 0.3) is 0 Å². The van der Waals surface area contributed by atoms with E-state index in [1.54, 1.807) is 0 Å². The van der Waals surface area contributed by atoms with Crippen LogP contribution in [0.15, 0.2) is 0 Å². The average Bonchev–Trinajstić information content (AvgIpc) is 1.70. The van der Waals surface area contributed by atoms with E-state index in [4.69, 9.17) is 20.8 Å². The minimum Gasteiger partial charge on any atom is 0 e. The van der Waals surface area contributed by atoms with Crippen LogP contribution < -0.4 is 20.8 Å². The topological polar surface area (TPSA) is 138 Å². The van der Waals surface area contributed by atoms with Crippen LogP contribution in [0.5, 0.6) is 0 Å². The van der Waals surface area contributed by atoms with Crippen molar-refractivity contribution in [1.82, 2.24) is 0 Å². The summed E-state index contributed by atoms with van der Waals surface area (Å²) in [6.45, 7) is 0. The molecule has 0 aromatic rings. The van der Waals surface area contributed by atoms with Crippen molar-refractivity contribution in [2.45, 2.75) is 0 Å². The van der Waals surface area contributed by atoms with Gasteiger partial charge in [0, 0.05) is 31.1 Å². The zero-order chi connectivity index (χ0) is 38.4. The molecule has 0 amide bonds. The fourth-order valence-electron chi connectivity index (χ4n) is 0. The second-order valence-corrected chi connectivity index (χ2v) is 36.2. The Morgan fingerprint density at radius 3 is 0.163 bits per heavy atom. The van der Waals surface area contributed by atoms with Crippen LogP contribution in [-0.2, 0) is 0 Å². The van der Waals surface area contributed by atoms with Crippen molar-refractivity contribution in [1.29, 1.82) is 0 Å². The Kier molecular flexibility index (Phi) is 14.7. The van der Waals surface area contributed by atoms with Crippen molar-refractivity contribution in [2.75, 3.05) is 0 Å². The summed E-state index contributed by atoms with van der Waals surface area (Å²) in [6.07, 6.45) is 0. The molecule has 0 aromatic carbocycles. The molecule has 0 spiro atoms. The fourth-order valence-corrected chi connectivity index (χ4v) is 0. The zero-order valence-corrected chi connectivity index (χ0v) is 34.9. The number of hydrogen-bond acceptors (Lipinski definition) is 6. The van der Waals surface area contributed by atoms with Gasteiger partial charge in [0.15, 0.2) is 0 Å². The normalized spacial score (nSPS) is 22.6. The van der Waals surface area contributed by atoms with Crippen molar-refractivity contribution >= 4 is 112 Å². The Labute approximate surface area is 247 Å². The van der Waals surface area contributed by atoms with Crippen LogP contribution in [0, 0.1) is 31.1 Å². The molecule has 0 fully saturated rings. The first-order chi connectivity index (χ1) is 14.7. The Bertz CT molecular complexity index is 639. The largest absolute Gasteiger partial charge is 0 e. The van der Waals surface area contributed by atoms with E-state index in [2.05, 4.69) is 0 Å². The molecule has 292 valence electrons. The summed E-state index contributed by atoms with van der Waals surface area (Å²) in [4.78, 5) is 0. The molecule has 0 aliphatic carbocycles. The third-order valence-electron chi connectivity index (χ3n) is 0. The van der Waals surface area contributed by atoms with E-state index in [1.165, 1.54) is 0 Å². The van der Waals surface area contributed by atoms with Gasteiger partial charge in [0.25, 0.3) is 0 Å². The van der Waals surface area contributed by atoms with E-state index < -0.39 is 112 Å². The van der Waals surface area contributed by atoms with Crippen molar-refractivity contribution < 1.29 is 139 Å². The monoisotopic (exact) mass is 1680 g/mol. The fraction of sp³-hybridized carbons (Fsp3) is 0. The van der Waals surface area contributed by atoms with E-state index in [0.29, 0.717) is 0 Å². The van der Waals surface area contributed by atoms with Crippen molar-refractivity contribution in [3.05, 3.63) is 0 Å². The van der Waals surface area contributed by atoms with E-state index in [0.717, 1.165) is 0 Å². The van der Waals surface area contributed by atoms with Gasteiger partial charge in [0.1, 0.15) is 0 Å². The first kappa shape index (κ1) is 61.7. The van der Waals surface area contributed by atoms with Gasteiger partial charge in [-0.2, -0.15) is 0 Å². The van der Waals surface area contributed by atoms with Crippen LogP contribution in [-0.4, -0.2) is 112 Å². The molecule has 0 aliphatic rings. The summed E-state index contributed by atoms with van der Waals surface area (Å²) in [5.74, 6) is 0. The van der Waals surface area contributed by atoms with E-state index in [9.17, 15) is 86.8 Å². The van der Waals surface area contributed by atoms with Gasteiger partial charge in [-0.1, -0.05) is 0 Å². The number of halogens is 30. The van der Waals surface area contributed by atoms with Gasteiger partial charge >= 0.3 is 220 Å². The quantitative estimate of drug-likeness (QED) is 0.270. The Morgan fingerprint density at radius 2 is 0.163 bits per heavy atom. The molecule has 0 aromatic heterocycles. The van der Waals surface area contributed by atoms with Gasteiger partial charge in [-0.05, 0) is 0 Å². The minimum absolute atomic E-state index is 0. The molecule has 0 atom stereocenters. The molecule has 43 heteroatoms. The summed E-state index contributed by atoms with van der Waals surface area (Å²) in [5, 5.41) is 0. The minimum atomic E-state index is -10.9. The molecule has 0 bridgehead atoms. The first-order valence-electron chi connectivity index (χ1n) is 5.63. The van der Waals surface area contributed by atoms with Crippen LogP contribution in [0.3, 0.4) is 0 Å². The predicted molar refractivity (Wildman–Crippen MR) is 67.8 cm³/mol. The van der Waals surface area contributed by atoms with Crippen molar-refractivity contribution in [3.63, 3.8) is 0 Å². The molecule has 0 N–H and O–H groups in total. The van der Waals surface area contributed by atoms with E-state index in [1.807, 2.05) is 0 Å². The maximum atomic E-state index is 10.0. The van der Waals surface area contributed by atoms with Gasteiger partial charge < -0.3 is 0 Å². The maximum absolute atomic E-state index is 10.9. The molecule has 0 heterocycles. The average molecular weight is 1670 g/mol. The SMILES string of the molecule is [O-][Te](F)(F)(F)(F)F.[O-][Te](F)(F)(F)(F)F.[O-][Te](F)(F)(F)(F)F.[O-][Te](F)(F)(F)(F)F.[O-][Te](F)(F)(F)(F)F.[O-][Te](F)(F)(F)(F)F.[U]. The van der Waals surface area contributed by atoms with Gasteiger partial charge in [0.2, 0.25) is 0 Å².